The zero-order valence-electron chi connectivity index (χ0n) is 13.7. The van der Waals surface area contributed by atoms with Gasteiger partial charge in [0, 0.05) is 26.6 Å². The molecule has 3 nitrogen and oxygen atoms in total. The van der Waals surface area contributed by atoms with Crippen molar-refractivity contribution in [2.45, 2.75) is 50.0 Å². The van der Waals surface area contributed by atoms with E-state index in [-0.39, 0.29) is 5.97 Å². The molecule has 1 aromatic carbocycles. The van der Waals surface area contributed by atoms with Crippen molar-refractivity contribution < 1.29 is 9.53 Å². The second kappa shape index (κ2) is 6.89. The third-order valence-electron chi connectivity index (χ3n) is 4.42. The Balaban J connectivity index is 2.05. The van der Waals surface area contributed by atoms with Gasteiger partial charge in [-0.3, -0.25) is 0 Å². The number of hydrogen-bond acceptors (Lipinski definition) is 3. The molecule has 1 aliphatic heterocycles. The van der Waals surface area contributed by atoms with E-state index in [1.165, 1.54) is 18.4 Å². The first-order valence-electron chi connectivity index (χ1n) is 8.12. The van der Waals surface area contributed by atoms with Crippen LogP contribution >= 0.6 is 27.7 Å². The van der Waals surface area contributed by atoms with Crippen LogP contribution in [0, 0.1) is 0 Å². The fourth-order valence-corrected chi connectivity index (χ4v) is 5.52. The number of rotatable bonds is 3. The summed E-state index contributed by atoms with van der Waals surface area (Å²) in [4.78, 5) is 15.6. The number of H-pyrrole nitrogens is 1. The minimum atomic E-state index is -0.270. The highest BCUT2D eigenvalue weighted by atomic mass is 79.9. The average Bonchev–Trinajstić information content (AvgIpc) is 2.89. The predicted octanol–water partition coefficient (Wildman–Crippen LogP) is 5.49. The van der Waals surface area contributed by atoms with Gasteiger partial charge in [-0.05, 0) is 43.4 Å². The minimum absolute atomic E-state index is 0.270. The number of carbonyl (C=O) groups excluding carboxylic acids is 1. The van der Waals surface area contributed by atoms with Gasteiger partial charge in [0.1, 0.15) is 0 Å². The molecule has 2 aromatic rings. The molecule has 0 aliphatic carbocycles. The molecule has 3 rings (SSSR count). The van der Waals surface area contributed by atoms with Crippen LogP contribution < -0.4 is 0 Å². The monoisotopic (exact) mass is 395 g/mol. The number of ether oxygens (including phenoxy) is 1. The molecule has 124 valence electrons. The molecule has 1 aliphatic rings. The van der Waals surface area contributed by atoms with Crippen molar-refractivity contribution >= 4 is 44.6 Å². The summed E-state index contributed by atoms with van der Waals surface area (Å²) in [6.07, 6.45) is 4.45. The van der Waals surface area contributed by atoms with Crippen LogP contribution in [0.4, 0.5) is 0 Å². The van der Waals surface area contributed by atoms with Gasteiger partial charge in [-0.15, -0.1) is 0 Å². The summed E-state index contributed by atoms with van der Waals surface area (Å²) in [5.41, 5.74) is 2.82. The summed E-state index contributed by atoms with van der Waals surface area (Å²) in [5, 5.41) is 2.48. The van der Waals surface area contributed by atoms with Gasteiger partial charge < -0.3 is 9.72 Å². The van der Waals surface area contributed by atoms with Crippen molar-refractivity contribution in [1.29, 1.82) is 0 Å². The van der Waals surface area contributed by atoms with Crippen molar-refractivity contribution in [1.82, 2.24) is 4.98 Å². The molecule has 0 bridgehead atoms. The van der Waals surface area contributed by atoms with E-state index in [0.717, 1.165) is 15.4 Å². The first kappa shape index (κ1) is 16.9. The fourth-order valence-electron chi connectivity index (χ4n) is 3.58. The average molecular weight is 396 g/mol. The summed E-state index contributed by atoms with van der Waals surface area (Å²) >= 11 is 5.62. The Morgan fingerprint density at radius 3 is 2.70 bits per heavy atom. The van der Waals surface area contributed by atoms with Crippen LogP contribution in [-0.2, 0) is 4.74 Å². The van der Waals surface area contributed by atoms with Gasteiger partial charge in [-0.1, -0.05) is 29.8 Å². The SMILES string of the molecule is CCOC(=O)c1cc(Br)cc2c(C3CC(C)SC(C)C3)c[nH]c12. The zero-order chi connectivity index (χ0) is 16.6. The fraction of sp³-hybridized carbons (Fsp3) is 0.500. The maximum absolute atomic E-state index is 12.2. The van der Waals surface area contributed by atoms with Crippen LogP contribution in [0.1, 0.15) is 55.5 Å². The van der Waals surface area contributed by atoms with Crippen molar-refractivity contribution in [2.75, 3.05) is 6.61 Å². The van der Waals surface area contributed by atoms with E-state index in [1.807, 2.05) is 13.0 Å². The van der Waals surface area contributed by atoms with Gasteiger partial charge in [-0.2, -0.15) is 11.8 Å². The topological polar surface area (TPSA) is 42.1 Å². The van der Waals surface area contributed by atoms with E-state index in [9.17, 15) is 4.79 Å². The minimum Gasteiger partial charge on any atom is -0.462 e. The van der Waals surface area contributed by atoms with Crippen LogP contribution in [0.3, 0.4) is 0 Å². The second-order valence-corrected chi connectivity index (χ2v) is 9.06. The van der Waals surface area contributed by atoms with E-state index in [4.69, 9.17) is 4.74 Å². The van der Waals surface area contributed by atoms with Crippen LogP contribution in [0.5, 0.6) is 0 Å². The van der Waals surface area contributed by atoms with E-state index in [2.05, 4.69) is 58.8 Å². The lowest BCUT2D eigenvalue weighted by Gasteiger charge is -2.31. The Bertz CT molecular complexity index is 717. The smallest absolute Gasteiger partial charge is 0.340 e. The number of esters is 1. The van der Waals surface area contributed by atoms with E-state index in [1.54, 1.807) is 0 Å². The summed E-state index contributed by atoms with van der Waals surface area (Å²) in [6.45, 7) is 6.83. The molecule has 2 atom stereocenters. The van der Waals surface area contributed by atoms with Crippen molar-refractivity contribution in [3.8, 4) is 0 Å². The number of fused-ring (bicyclic) bond motifs is 1. The summed E-state index contributed by atoms with van der Waals surface area (Å²) in [6, 6.07) is 3.95. The Kier molecular flexibility index (Phi) is 5.07. The molecule has 1 N–H and O–H groups in total. The normalized spacial score (nSPS) is 24.8. The van der Waals surface area contributed by atoms with Crippen LogP contribution in [0.25, 0.3) is 10.9 Å². The molecule has 1 aromatic heterocycles. The molecule has 0 spiro atoms. The number of carbonyl (C=O) groups is 1. The molecule has 1 saturated heterocycles. The molecular weight excluding hydrogens is 374 g/mol. The Morgan fingerprint density at radius 1 is 1.35 bits per heavy atom. The highest BCUT2D eigenvalue weighted by Gasteiger charge is 2.28. The molecule has 2 unspecified atom stereocenters. The van der Waals surface area contributed by atoms with Gasteiger partial charge in [-0.25, -0.2) is 4.79 Å². The van der Waals surface area contributed by atoms with Gasteiger partial charge in [0.2, 0.25) is 0 Å². The molecule has 0 saturated carbocycles. The molecule has 5 heteroatoms. The molecule has 0 radical (unpaired) electrons. The van der Waals surface area contributed by atoms with Gasteiger partial charge in [0.15, 0.2) is 0 Å². The number of halogens is 1. The van der Waals surface area contributed by atoms with Crippen molar-refractivity contribution in [3.05, 3.63) is 33.9 Å². The number of hydrogen-bond donors (Lipinski definition) is 1. The second-order valence-electron chi connectivity index (χ2n) is 6.27. The number of benzene rings is 1. The van der Waals surface area contributed by atoms with Crippen LogP contribution in [-0.4, -0.2) is 28.1 Å². The van der Waals surface area contributed by atoms with E-state index < -0.39 is 0 Å². The predicted molar refractivity (Wildman–Crippen MR) is 100 cm³/mol. The molecule has 1 fully saturated rings. The van der Waals surface area contributed by atoms with E-state index >= 15 is 0 Å². The van der Waals surface area contributed by atoms with Gasteiger partial charge in [0.05, 0.1) is 17.7 Å². The van der Waals surface area contributed by atoms with E-state index in [0.29, 0.717) is 28.6 Å². The third kappa shape index (κ3) is 3.45. The summed E-state index contributed by atoms with van der Waals surface area (Å²) in [5.74, 6) is 0.271. The maximum atomic E-state index is 12.2. The number of aromatic nitrogens is 1. The number of aromatic amines is 1. The number of thioether (sulfide) groups is 1. The highest BCUT2D eigenvalue weighted by molar-refractivity contribution is 9.10. The lowest BCUT2D eigenvalue weighted by molar-refractivity contribution is 0.0528. The largest absolute Gasteiger partial charge is 0.462 e. The molecular formula is C18H22BrNO2S. The Morgan fingerprint density at radius 2 is 2.04 bits per heavy atom. The molecule has 2 heterocycles. The molecule has 23 heavy (non-hydrogen) atoms. The lowest BCUT2D eigenvalue weighted by Crippen LogP contribution is -2.19. The van der Waals surface area contributed by atoms with Crippen LogP contribution in [0.2, 0.25) is 0 Å². The Hall–Kier alpha value is -0.940. The van der Waals surface area contributed by atoms with Crippen molar-refractivity contribution in [3.63, 3.8) is 0 Å². The van der Waals surface area contributed by atoms with Gasteiger partial charge in [0.25, 0.3) is 0 Å². The van der Waals surface area contributed by atoms with Crippen LogP contribution in [0.15, 0.2) is 22.8 Å². The molecule has 0 amide bonds. The zero-order valence-corrected chi connectivity index (χ0v) is 16.1. The van der Waals surface area contributed by atoms with Crippen molar-refractivity contribution in [2.24, 2.45) is 0 Å². The maximum Gasteiger partial charge on any atom is 0.340 e. The van der Waals surface area contributed by atoms with Gasteiger partial charge >= 0.3 is 5.97 Å². The number of nitrogens with one attached hydrogen (secondary N) is 1. The third-order valence-corrected chi connectivity index (χ3v) is 6.19. The summed E-state index contributed by atoms with van der Waals surface area (Å²) < 4.78 is 6.11. The Labute approximate surface area is 149 Å². The first-order chi connectivity index (χ1) is 11.0. The standard InChI is InChI=1S/C18H22BrNO2S/c1-4-22-18(21)15-8-13(19)7-14-16(9-20-17(14)15)12-5-10(2)23-11(3)6-12/h7-12,20H,4-6H2,1-3H3. The summed E-state index contributed by atoms with van der Waals surface area (Å²) in [7, 11) is 0. The highest BCUT2D eigenvalue weighted by Crippen LogP contribution is 2.43. The lowest BCUT2D eigenvalue weighted by atomic mass is 9.89. The quantitative estimate of drug-likeness (QED) is 0.697. The first-order valence-corrected chi connectivity index (χ1v) is 9.86.